The lowest BCUT2D eigenvalue weighted by molar-refractivity contribution is 0.671. The topological polar surface area (TPSA) is 43.6 Å². The second kappa shape index (κ2) is 5.75. The van der Waals surface area contributed by atoms with Gasteiger partial charge in [0.25, 0.3) is 0 Å². The minimum Gasteiger partial charge on any atom is -0.247 e. The van der Waals surface area contributed by atoms with Crippen LogP contribution >= 0.6 is 11.3 Å². The van der Waals surface area contributed by atoms with E-state index in [9.17, 15) is 0 Å². The van der Waals surface area contributed by atoms with Crippen LogP contribution in [0.2, 0.25) is 0 Å². The van der Waals surface area contributed by atoms with Gasteiger partial charge in [0.2, 0.25) is 0 Å². The van der Waals surface area contributed by atoms with Crippen LogP contribution in [-0.4, -0.2) is 19.7 Å². The lowest BCUT2D eigenvalue weighted by atomic mass is 10.1. The van der Waals surface area contributed by atoms with Crippen LogP contribution in [0.5, 0.6) is 0 Å². The first-order chi connectivity index (χ1) is 9.40. The zero-order chi connectivity index (χ0) is 12.9. The maximum Gasteiger partial charge on any atom is 0.137 e. The largest absolute Gasteiger partial charge is 0.247 e. The van der Waals surface area contributed by atoms with E-state index in [2.05, 4.69) is 44.7 Å². The fourth-order valence-corrected chi connectivity index (χ4v) is 2.70. The van der Waals surface area contributed by atoms with Crippen molar-refractivity contribution in [1.29, 1.82) is 0 Å². The summed E-state index contributed by atoms with van der Waals surface area (Å²) in [5.74, 6) is 0. The summed E-state index contributed by atoms with van der Waals surface area (Å²) in [5.41, 5.74) is 2.41. The van der Waals surface area contributed by atoms with Crippen LogP contribution in [-0.2, 0) is 19.4 Å². The van der Waals surface area contributed by atoms with Crippen LogP contribution < -0.4 is 0 Å². The third-order valence-corrected chi connectivity index (χ3v) is 3.82. The number of nitrogens with zero attached hydrogens (tertiary/aromatic N) is 4. The van der Waals surface area contributed by atoms with Crippen molar-refractivity contribution in [3.05, 3.63) is 64.6 Å². The Bertz CT molecular complexity index is 616. The molecule has 3 rings (SSSR count). The minimum absolute atomic E-state index is 0.696. The molecule has 5 heteroatoms. The van der Waals surface area contributed by atoms with Gasteiger partial charge < -0.3 is 0 Å². The quantitative estimate of drug-likeness (QED) is 0.715. The minimum atomic E-state index is 0.696. The molecule has 0 spiro atoms. The van der Waals surface area contributed by atoms with Gasteiger partial charge in [-0.25, -0.2) is 14.6 Å². The Kier molecular flexibility index (Phi) is 3.65. The first-order valence-corrected chi connectivity index (χ1v) is 7.08. The molecule has 1 aromatic carbocycles. The normalized spacial score (nSPS) is 10.7. The smallest absolute Gasteiger partial charge is 0.137 e. The summed E-state index contributed by atoms with van der Waals surface area (Å²) in [4.78, 5) is 8.56. The third kappa shape index (κ3) is 3.26. The highest BCUT2D eigenvalue weighted by Crippen LogP contribution is 2.13. The number of aromatic nitrogens is 4. The molecule has 2 heterocycles. The standard InChI is InChI=1S/C14H14N4S/c1-2-4-12(5-3-1)6-7-14-17-13(9-19-14)8-18-11-15-10-16-18/h1-5,9-11H,6-8H2. The number of rotatable bonds is 5. The van der Waals surface area contributed by atoms with E-state index < -0.39 is 0 Å². The van der Waals surface area contributed by atoms with Crippen molar-refractivity contribution < 1.29 is 0 Å². The van der Waals surface area contributed by atoms with Crippen LogP contribution in [0.15, 0.2) is 48.4 Å². The molecule has 0 amide bonds. The van der Waals surface area contributed by atoms with E-state index in [1.54, 1.807) is 28.7 Å². The molecule has 0 atom stereocenters. The van der Waals surface area contributed by atoms with E-state index in [0.29, 0.717) is 6.54 Å². The molecule has 0 bridgehead atoms. The Morgan fingerprint density at radius 3 is 2.79 bits per heavy atom. The molecule has 0 saturated carbocycles. The average Bonchev–Trinajstić information content (AvgIpc) is 3.10. The Labute approximate surface area is 115 Å². The summed E-state index contributed by atoms with van der Waals surface area (Å²) >= 11 is 1.72. The van der Waals surface area contributed by atoms with Gasteiger partial charge in [-0.3, -0.25) is 0 Å². The van der Waals surface area contributed by atoms with Crippen LogP contribution in [0.4, 0.5) is 0 Å². The van der Waals surface area contributed by atoms with Crippen molar-refractivity contribution in [2.45, 2.75) is 19.4 Å². The van der Waals surface area contributed by atoms with E-state index in [1.807, 2.05) is 6.07 Å². The zero-order valence-corrected chi connectivity index (χ0v) is 11.3. The average molecular weight is 270 g/mol. The molecule has 3 aromatic rings. The molecule has 4 nitrogen and oxygen atoms in total. The fraction of sp³-hybridized carbons (Fsp3) is 0.214. The van der Waals surface area contributed by atoms with Gasteiger partial charge in [-0.1, -0.05) is 30.3 Å². The predicted octanol–water partition coefficient (Wildman–Crippen LogP) is 2.57. The molecule has 2 aromatic heterocycles. The van der Waals surface area contributed by atoms with Gasteiger partial charge in [-0.05, 0) is 12.0 Å². The maximum atomic E-state index is 4.63. The number of aryl methyl sites for hydroxylation is 2. The molecule has 0 aliphatic carbocycles. The maximum absolute atomic E-state index is 4.63. The van der Waals surface area contributed by atoms with E-state index in [0.717, 1.165) is 18.5 Å². The van der Waals surface area contributed by atoms with Gasteiger partial charge in [0, 0.05) is 11.8 Å². The van der Waals surface area contributed by atoms with Crippen molar-refractivity contribution in [2.24, 2.45) is 0 Å². The molecule has 19 heavy (non-hydrogen) atoms. The van der Waals surface area contributed by atoms with Crippen LogP contribution in [0.3, 0.4) is 0 Å². The van der Waals surface area contributed by atoms with Gasteiger partial charge in [-0.2, -0.15) is 5.10 Å². The highest BCUT2D eigenvalue weighted by Gasteiger charge is 2.03. The van der Waals surface area contributed by atoms with Gasteiger partial charge in [0.1, 0.15) is 12.7 Å². The number of benzene rings is 1. The molecule has 0 unspecified atom stereocenters. The van der Waals surface area contributed by atoms with E-state index >= 15 is 0 Å². The monoisotopic (exact) mass is 270 g/mol. The molecular weight excluding hydrogens is 256 g/mol. The van der Waals surface area contributed by atoms with E-state index in [1.165, 1.54) is 10.6 Å². The Morgan fingerprint density at radius 2 is 2.00 bits per heavy atom. The summed E-state index contributed by atoms with van der Waals surface area (Å²) in [5, 5.41) is 7.36. The molecule has 0 N–H and O–H groups in total. The van der Waals surface area contributed by atoms with E-state index in [4.69, 9.17) is 0 Å². The first-order valence-electron chi connectivity index (χ1n) is 6.20. The summed E-state index contributed by atoms with van der Waals surface area (Å²) in [6.07, 6.45) is 5.29. The Balaban J connectivity index is 1.59. The summed E-state index contributed by atoms with van der Waals surface area (Å²) in [6, 6.07) is 10.5. The van der Waals surface area contributed by atoms with Crippen LogP contribution in [0.1, 0.15) is 16.3 Å². The first kappa shape index (κ1) is 12.0. The SMILES string of the molecule is c1ccc(CCc2nc(Cn3cncn3)cs2)cc1. The fourth-order valence-electron chi connectivity index (χ4n) is 1.91. The number of hydrogen-bond acceptors (Lipinski definition) is 4. The summed E-state index contributed by atoms with van der Waals surface area (Å²) in [7, 11) is 0. The van der Waals surface area contributed by atoms with Crippen molar-refractivity contribution in [3.63, 3.8) is 0 Å². The molecule has 0 radical (unpaired) electrons. The molecule has 0 saturated heterocycles. The molecule has 0 aliphatic rings. The Hall–Kier alpha value is -2.01. The van der Waals surface area contributed by atoms with Gasteiger partial charge in [-0.15, -0.1) is 11.3 Å². The van der Waals surface area contributed by atoms with Crippen LogP contribution in [0.25, 0.3) is 0 Å². The number of hydrogen-bond donors (Lipinski definition) is 0. The second-order valence-corrected chi connectivity index (χ2v) is 5.25. The second-order valence-electron chi connectivity index (χ2n) is 4.31. The highest BCUT2D eigenvalue weighted by molar-refractivity contribution is 7.09. The molecule has 96 valence electrons. The molecule has 0 fully saturated rings. The van der Waals surface area contributed by atoms with Gasteiger partial charge in [0.05, 0.1) is 17.2 Å². The van der Waals surface area contributed by atoms with Crippen molar-refractivity contribution in [1.82, 2.24) is 19.7 Å². The molecule has 0 aliphatic heterocycles. The summed E-state index contributed by atoms with van der Waals surface area (Å²) in [6.45, 7) is 0.696. The van der Waals surface area contributed by atoms with Crippen molar-refractivity contribution >= 4 is 11.3 Å². The van der Waals surface area contributed by atoms with Gasteiger partial charge in [0.15, 0.2) is 0 Å². The summed E-state index contributed by atoms with van der Waals surface area (Å²) < 4.78 is 1.79. The molecular formula is C14H14N4S. The highest BCUT2D eigenvalue weighted by atomic mass is 32.1. The number of thiazole rings is 1. The lowest BCUT2D eigenvalue weighted by Gasteiger charge is -1.98. The van der Waals surface area contributed by atoms with E-state index in [-0.39, 0.29) is 0 Å². The van der Waals surface area contributed by atoms with Crippen molar-refractivity contribution in [3.8, 4) is 0 Å². The van der Waals surface area contributed by atoms with Gasteiger partial charge >= 0.3 is 0 Å². The third-order valence-electron chi connectivity index (χ3n) is 2.86. The van der Waals surface area contributed by atoms with Crippen LogP contribution in [0, 0.1) is 0 Å². The predicted molar refractivity (Wildman–Crippen MR) is 75.1 cm³/mol. The zero-order valence-electron chi connectivity index (χ0n) is 10.4. The Morgan fingerprint density at radius 1 is 1.11 bits per heavy atom. The van der Waals surface area contributed by atoms with Crippen molar-refractivity contribution in [2.75, 3.05) is 0 Å². The lowest BCUT2D eigenvalue weighted by Crippen LogP contribution is -2.00.